The van der Waals surface area contributed by atoms with Crippen LogP contribution in [0.4, 0.5) is 5.82 Å². The number of nitrogens with one attached hydrogen (secondary N) is 1. The summed E-state index contributed by atoms with van der Waals surface area (Å²) in [5.74, 6) is 0.539. The first kappa shape index (κ1) is 19.1. The van der Waals surface area contributed by atoms with Gasteiger partial charge in [0.05, 0.1) is 12.9 Å². The number of anilines is 1. The van der Waals surface area contributed by atoms with Crippen LogP contribution in [-0.4, -0.2) is 59.8 Å². The fourth-order valence-corrected chi connectivity index (χ4v) is 4.29. The zero-order chi connectivity index (χ0) is 20.9. The van der Waals surface area contributed by atoms with Crippen LogP contribution in [-0.2, 0) is 16.9 Å². The molecule has 0 bridgehead atoms. The first-order chi connectivity index (χ1) is 14.5. The molecule has 2 aromatic heterocycles. The Labute approximate surface area is 172 Å². The second-order valence-corrected chi connectivity index (χ2v) is 7.78. The molecule has 0 amide bonds. The Bertz CT molecular complexity index is 1130. The summed E-state index contributed by atoms with van der Waals surface area (Å²) in [5, 5.41) is 33.6. The highest BCUT2D eigenvalue weighted by Crippen LogP contribution is 2.38. The third kappa shape index (κ3) is 2.82. The highest BCUT2D eigenvalue weighted by Gasteiger charge is 2.53. The van der Waals surface area contributed by atoms with Gasteiger partial charge in [0, 0.05) is 11.3 Å². The molecular weight excluding hydrogens is 386 g/mol. The van der Waals surface area contributed by atoms with Gasteiger partial charge in [-0.25, -0.2) is 15.0 Å². The predicted molar refractivity (Wildman–Crippen MR) is 109 cm³/mol. The van der Waals surface area contributed by atoms with E-state index in [1.54, 1.807) is 11.5 Å². The monoisotopic (exact) mass is 409 g/mol. The van der Waals surface area contributed by atoms with Gasteiger partial charge in [-0.3, -0.25) is 4.57 Å². The van der Waals surface area contributed by atoms with E-state index >= 15 is 0 Å². The molecule has 156 valence electrons. The molecule has 1 fully saturated rings. The summed E-state index contributed by atoms with van der Waals surface area (Å²) in [7, 11) is 0. The van der Waals surface area contributed by atoms with E-state index in [4.69, 9.17) is 4.74 Å². The number of hydrogen-bond donors (Lipinski definition) is 4. The number of fused-ring (bicyclic) bond motifs is 2. The molecule has 2 aliphatic rings. The Morgan fingerprint density at radius 2 is 2.07 bits per heavy atom. The molecule has 1 aliphatic heterocycles. The molecule has 9 nitrogen and oxygen atoms in total. The summed E-state index contributed by atoms with van der Waals surface area (Å²) in [6, 6.07) is 8.24. The molecule has 3 heterocycles. The number of aliphatic hydroxyl groups is 3. The van der Waals surface area contributed by atoms with Gasteiger partial charge in [-0.15, -0.1) is 0 Å². The maximum absolute atomic E-state index is 10.6. The van der Waals surface area contributed by atoms with Gasteiger partial charge in [-0.1, -0.05) is 30.3 Å². The zero-order valence-corrected chi connectivity index (χ0v) is 16.4. The number of ether oxygens (including phenoxy) is 1. The second kappa shape index (κ2) is 7.13. The number of imidazole rings is 1. The molecule has 1 saturated heterocycles. The number of aryl methyl sites for hydroxylation is 1. The summed E-state index contributed by atoms with van der Waals surface area (Å²) in [5.41, 5.74) is 3.00. The van der Waals surface area contributed by atoms with Crippen LogP contribution in [0, 0.1) is 0 Å². The minimum absolute atomic E-state index is 0.407. The lowest BCUT2D eigenvalue weighted by Crippen LogP contribution is -2.43. The average molecular weight is 409 g/mol. The maximum atomic E-state index is 10.6. The van der Waals surface area contributed by atoms with Gasteiger partial charge in [-0.2, -0.15) is 0 Å². The molecule has 5 rings (SSSR count). The highest BCUT2D eigenvalue weighted by molar-refractivity contribution is 5.89. The lowest BCUT2D eigenvalue weighted by atomic mass is 9.95. The Kier molecular flexibility index (Phi) is 4.55. The molecule has 30 heavy (non-hydrogen) atoms. The molecule has 1 aromatic carbocycles. The van der Waals surface area contributed by atoms with E-state index < -0.39 is 30.6 Å². The highest BCUT2D eigenvalue weighted by atomic mass is 16.6. The minimum Gasteiger partial charge on any atom is -0.394 e. The largest absolute Gasteiger partial charge is 0.394 e. The molecule has 0 radical (unpaired) electrons. The maximum Gasteiger partial charge on any atom is 0.173 e. The van der Waals surface area contributed by atoms with Crippen LogP contribution in [0.1, 0.15) is 24.5 Å². The van der Waals surface area contributed by atoms with E-state index in [-0.39, 0.29) is 0 Å². The van der Waals surface area contributed by atoms with E-state index in [9.17, 15) is 15.3 Å². The van der Waals surface area contributed by atoms with Crippen molar-refractivity contribution in [2.75, 3.05) is 11.9 Å². The minimum atomic E-state index is -1.33. The van der Waals surface area contributed by atoms with Crippen molar-refractivity contribution >= 4 is 22.7 Å². The van der Waals surface area contributed by atoms with Crippen molar-refractivity contribution in [3.63, 3.8) is 0 Å². The van der Waals surface area contributed by atoms with E-state index in [0.717, 1.165) is 24.1 Å². The molecule has 3 aromatic rings. The molecule has 9 heteroatoms. The zero-order valence-electron chi connectivity index (χ0n) is 16.4. The summed E-state index contributed by atoms with van der Waals surface area (Å²) >= 11 is 0. The van der Waals surface area contributed by atoms with E-state index in [1.165, 1.54) is 18.2 Å². The van der Waals surface area contributed by atoms with Crippen molar-refractivity contribution in [1.82, 2.24) is 19.5 Å². The van der Waals surface area contributed by atoms with Crippen molar-refractivity contribution in [2.45, 2.75) is 43.8 Å². The van der Waals surface area contributed by atoms with E-state index in [1.807, 2.05) is 12.1 Å². The van der Waals surface area contributed by atoms with Crippen LogP contribution in [0.2, 0.25) is 0 Å². The number of rotatable bonds is 4. The number of allylic oxidation sites excluding steroid dienone is 1. The number of hydrogen-bond acceptors (Lipinski definition) is 8. The summed E-state index contributed by atoms with van der Waals surface area (Å²) < 4.78 is 7.36. The van der Waals surface area contributed by atoms with Crippen LogP contribution in [0.25, 0.3) is 16.9 Å². The van der Waals surface area contributed by atoms with Crippen LogP contribution >= 0.6 is 0 Å². The summed E-state index contributed by atoms with van der Waals surface area (Å²) in [4.78, 5) is 13.2. The Hall–Kier alpha value is -2.85. The number of benzene rings is 1. The third-order valence-electron chi connectivity index (χ3n) is 5.96. The van der Waals surface area contributed by atoms with E-state index in [2.05, 4.69) is 38.5 Å². The van der Waals surface area contributed by atoms with Crippen LogP contribution in [0.3, 0.4) is 0 Å². The SMILES string of the molecule is C[C@@]1(n2cnc3c(NC4=CCCc5ccccc54)ncnc32)O[C@H](CO)[C@@H](O)[C@H]1O. The van der Waals surface area contributed by atoms with Gasteiger partial charge in [0.2, 0.25) is 0 Å². The van der Waals surface area contributed by atoms with Gasteiger partial charge in [0.15, 0.2) is 22.7 Å². The summed E-state index contributed by atoms with van der Waals surface area (Å²) in [6.07, 6.45) is 3.61. The average Bonchev–Trinajstić information content (AvgIpc) is 3.31. The quantitative estimate of drug-likeness (QED) is 0.503. The summed E-state index contributed by atoms with van der Waals surface area (Å²) in [6.45, 7) is 1.22. The van der Waals surface area contributed by atoms with Crippen LogP contribution < -0.4 is 5.32 Å². The topological polar surface area (TPSA) is 126 Å². The normalized spacial score (nSPS) is 28.4. The lowest BCUT2D eigenvalue weighted by Gasteiger charge is -2.29. The third-order valence-corrected chi connectivity index (χ3v) is 5.96. The van der Waals surface area contributed by atoms with Crippen molar-refractivity contribution in [3.05, 3.63) is 54.1 Å². The molecule has 1 aliphatic carbocycles. The molecule has 4 atom stereocenters. The number of aromatic nitrogens is 4. The first-order valence-corrected chi connectivity index (χ1v) is 9.91. The molecule has 0 unspecified atom stereocenters. The van der Waals surface area contributed by atoms with Crippen LogP contribution in [0.5, 0.6) is 0 Å². The Morgan fingerprint density at radius 3 is 2.87 bits per heavy atom. The molecular formula is C21H23N5O4. The van der Waals surface area contributed by atoms with E-state index in [0.29, 0.717) is 17.0 Å². The smallest absolute Gasteiger partial charge is 0.173 e. The van der Waals surface area contributed by atoms with Crippen molar-refractivity contribution in [3.8, 4) is 0 Å². The van der Waals surface area contributed by atoms with Gasteiger partial charge in [-0.05, 0) is 25.3 Å². The molecule has 0 spiro atoms. The van der Waals surface area contributed by atoms with Crippen LogP contribution in [0.15, 0.2) is 43.0 Å². The van der Waals surface area contributed by atoms with Crippen molar-refractivity contribution in [2.24, 2.45) is 0 Å². The Morgan fingerprint density at radius 1 is 1.23 bits per heavy atom. The lowest BCUT2D eigenvalue weighted by molar-refractivity contribution is -0.132. The van der Waals surface area contributed by atoms with Gasteiger partial charge >= 0.3 is 0 Å². The van der Waals surface area contributed by atoms with Crippen molar-refractivity contribution < 1.29 is 20.1 Å². The van der Waals surface area contributed by atoms with Gasteiger partial charge < -0.3 is 25.4 Å². The number of nitrogens with zero attached hydrogens (tertiary/aromatic N) is 4. The van der Waals surface area contributed by atoms with Gasteiger partial charge in [0.1, 0.15) is 24.6 Å². The van der Waals surface area contributed by atoms with Crippen molar-refractivity contribution in [1.29, 1.82) is 0 Å². The molecule has 0 saturated carbocycles. The Balaban J connectivity index is 1.53. The van der Waals surface area contributed by atoms with Gasteiger partial charge in [0.25, 0.3) is 0 Å². The standard InChI is InChI=1S/C21H23N5O4/c1-21(18(29)17(28)15(9-27)30-21)26-11-24-16-19(22-10-23-20(16)26)25-14-8-4-6-12-5-2-3-7-13(12)14/h2-3,5,7-8,10-11,15,17-18,27-29H,4,6,9H2,1H3,(H,22,23,25)/t15-,17-,18-,21-/m1/s1. The fraction of sp³-hybridized carbons (Fsp3) is 0.381. The first-order valence-electron chi connectivity index (χ1n) is 9.91. The predicted octanol–water partition coefficient (Wildman–Crippen LogP) is 1.01. The number of aliphatic hydroxyl groups excluding tert-OH is 3. The molecule has 4 N–H and O–H groups in total. The fourth-order valence-electron chi connectivity index (χ4n) is 4.29. The second-order valence-electron chi connectivity index (χ2n) is 7.78.